The molecular weight excluding hydrogens is 434 g/mol. The Balaban J connectivity index is 1.70. The van der Waals surface area contributed by atoms with E-state index in [1.807, 2.05) is 36.4 Å². The van der Waals surface area contributed by atoms with Crippen molar-refractivity contribution in [2.24, 2.45) is 0 Å². The van der Waals surface area contributed by atoms with Gasteiger partial charge in [0.2, 0.25) is 28.6 Å². The smallest absolute Gasteiger partial charge is 0.242 e. The average molecular weight is 462 g/mol. The third kappa shape index (κ3) is 5.98. The van der Waals surface area contributed by atoms with Gasteiger partial charge in [-0.1, -0.05) is 36.4 Å². The quantitative estimate of drug-likeness (QED) is 0.604. The minimum Gasteiger partial charge on any atom is -0.454 e. The lowest BCUT2D eigenvalue weighted by Gasteiger charge is -2.30. The van der Waals surface area contributed by atoms with Gasteiger partial charge in [-0.3, -0.25) is 9.59 Å². The second-order valence-corrected chi connectivity index (χ2v) is 9.70. The van der Waals surface area contributed by atoms with Crippen molar-refractivity contribution in [3.8, 4) is 11.5 Å². The van der Waals surface area contributed by atoms with Crippen LogP contribution >= 0.6 is 0 Å². The molecule has 0 saturated carbocycles. The minimum absolute atomic E-state index is 0.167. The van der Waals surface area contributed by atoms with Crippen LogP contribution in [0.25, 0.3) is 0 Å². The Bertz CT molecular complexity index is 1070. The summed E-state index contributed by atoms with van der Waals surface area (Å²) in [7, 11) is -2.21. The van der Waals surface area contributed by atoms with Crippen molar-refractivity contribution >= 4 is 21.8 Å². The number of amides is 2. The monoisotopic (exact) mass is 461 g/mol. The molecule has 32 heavy (non-hydrogen) atoms. The number of likely N-dealkylation sites (N-methyl/N-ethyl adjacent to an activating group) is 1. The van der Waals surface area contributed by atoms with E-state index in [1.54, 1.807) is 19.1 Å². The first kappa shape index (κ1) is 23.6. The highest BCUT2D eigenvalue weighted by Crippen LogP contribution is 2.32. The normalized spacial score (nSPS) is 13.6. The third-order valence-electron chi connectivity index (χ3n) is 5.19. The van der Waals surface area contributed by atoms with Crippen LogP contribution in [-0.4, -0.2) is 62.1 Å². The Morgan fingerprint density at radius 3 is 2.44 bits per heavy atom. The highest BCUT2D eigenvalue weighted by atomic mass is 32.2. The Hall–Kier alpha value is -3.11. The molecule has 0 radical (unpaired) electrons. The first-order valence-corrected chi connectivity index (χ1v) is 11.9. The Morgan fingerprint density at radius 1 is 1.06 bits per heavy atom. The van der Waals surface area contributed by atoms with Crippen molar-refractivity contribution < 1.29 is 27.5 Å². The van der Waals surface area contributed by atoms with Gasteiger partial charge in [-0.2, -0.15) is 4.31 Å². The SMILES string of the molecule is C[C@H](C(=O)NCc1ccc2c(c1)OCO2)N(Cc1ccccc1)C(=O)CN(C)S(C)(=O)=O. The molecule has 0 bridgehead atoms. The van der Waals surface area contributed by atoms with Crippen molar-refractivity contribution in [3.05, 3.63) is 59.7 Å². The topological polar surface area (TPSA) is 105 Å². The molecule has 9 nitrogen and oxygen atoms in total. The van der Waals surface area contributed by atoms with Gasteiger partial charge >= 0.3 is 0 Å². The first-order chi connectivity index (χ1) is 15.1. The van der Waals surface area contributed by atoms with Crippen molar-refractivity contribution in [2.45, 2.75) is 26.1 Å². The second-order valence-electron chi connectivity index (χ2n) is 7.61. The van der Waals surface area contributed by atoms with E-state index in [4.69, 9.17) is 9.47 Å². The molecule has 2 aromatic rings. The molecule has 1 atom stereocenters. The number of nitrogens with zero attached hydrogens (tertiary/aromatic N) is 2. The van der Waals surface area contributed by atoms with E-state index in [9.17, 15) is 18.0 Å². The summed E-state index contributed by atoms with van der Waals surface area (Å²) in [5, 5.41) is 2.83. The molecule has 2 amide bonds. The molecular formula is C22H27N3O6S. The second kappa shape index (κ2) is 10.0. The Morgan fingerprint density at radius 2 is 1.75 bits per heavy atom. The molecule has 10 heteroatoms. The largest absolute Gasteiger partial charge is 0.454 e. The van der Waals surface area contributed by atoms with Crippen LogP contribution in [0.15, 0.2) is 48.5 Å². The van der Waals surface area contributed by atoms with Gasteiger partial charge in [0, 0.05) is 20.1 Å². The Kier molecular flexibility index (Phi) is 7.37. The number of ether oxygens (including phenoxy) is 2. The zero-order chi connectivity index (χ0) is 23.3. The maximum Gasteiger partial charge on any atom is 0.242 e. The molecule has 0 aliphatic carbocycles. The molecule has 0 unspecified atom stereocenters. The van der Waals surface area contributed by atoms with E-state index >= 15 is 0 Å². The maximum absolute atomic E-state index is 13.0. The lowest BCUT2D eigenvalue weighted by Crippen LogP contribution is -2.50. The number of nitrogens with one attached hydrogen (secondary N) is 1. The predicted octanol–water partition coefficient (Wildman–Crippen LogP) is 1.34. The number of benzene rings is 2. The summed E-state index contributed by atoms with van der Waals surface area (Å²) in [6.07, 6.45) is 1.03. The summed E-state index contributed by atoms with van der Waals surface area (Å²) in [5.41, 5.74) is 1.66. The standard InChI is InChI=1S/C22H27N3O6S/c1-16(22(27)23-12-18-9-10-19-20(11-18)31-15-30-19)25(13-17-7-5-4-6-8-17)21(26)14-24(2)32(3,28)29/h4-11,16H,12-15H2,1-3H3,(H,23,27)/t16-/m1/s1. The summed E-state index contributed by atoms with van der Waals surface area (Å²) in [6.45, 7) is 1.86. The van der Waals surface area contributed by atoms with Crippen molar-refractivity contribution in [2.75, 3.05) is 26.6 Å². The fraction of sp³-hybridized carbons (Fsp3) is 0.364. The summed E-state index contributed by atoms with van der Waals surface area (Å²) >= 11 is 0. The fourth-order valence-corrected chi connectivity index (χ4v) is 3.49. The molecule has 1 N–H and O–H groups in total. The van der Waals surface area contributed by atoms with Gasteiger partial charge in [0.05, 0.1) is 12.8 Å². The lowest BCUT2D eigenvalue weighted by molar-refractivity contribution is -0.140. The summed E-state index contributed by atoms with van der Waals surface area (Å²) in [5.74, 6) is 0.457. The molecule has 1 heterocycles. The van der Waals surface area contributed by atoms with Gasteiger partial charge in [0.1, 0.15) is 6.04 Å². The number of fused-ring (bicyclic) bond motifs is 1. The van der Waals surface area contributed by atoms with Crippen molar-refractivity contribution in [3.63, 3.8) is 0 Å². The van der Waals surface area contributed by atoms with E-state index in [1.165, 1.54) is 11.9 Å². The number of hydrogen-bond acceptors (Lipinski definition) is 6. The van der Waals surface area contributed by atoms with Crippen LogP contribution < -0.4 is 14.8 Å². The van der Waals surface area contributed by atoms with Gasteiger partial charge in [-0.05, 0) is 30.2 Å². The van der Waals surface area contributed by atoms with E-state index in [-0.39, 0.29) is 32.3 Å². The predicted molar refractivity (Wildman–Crippen MR) is 118 cm³/mol. The highest BCUT2D eigenvalue weighted by Gasteiger charge is 2.28. The molecule has 0 aromatic heterocycles. The molecule has 2 aromatic carbocycles. The molecule has 0 saturated heterocycles. The van der Waals surface area contributed by atoms with Gasteiger partial charge in [-0.25, -0.2) is 8.42 Å². The number of carbonyl (C=O) groups excluding carboxylic acids is 2. The van der Waals surface area contributed by atoms with Crippen LogP contribution in [0, 0.1) is 0 Å². The zero-order valence-electron chi connectivity index (χ0n) is 18.3. The number of hydrogen-bond donors (Lipinski definition) is 1. The zero-order valence-corrected chi connectivity index (χ0v) is 19.1. The number of rotatable bonds is 9. The molecule has 172 valence electrons. The highest BCUT2D eigenvalue weighted by molar-refractivity contribution is 7.88. The molecule has 0 fully saturated rings. The van der Waals surface area contributed by atoms with Crippen LogP contribution in [0.2, 0.25) is 0 Å². The van der Waals surface area contributed by atoms with Crippen LogP contribution in [0.1, 0.15) is 18.1 Å². The average Bonchev–Trinajstić information content (AvgIpc) is 3.23. The number of sulfonamides is 1. The molecule has 3 rings (SSSR count). The lowest BCUT2D eigenvalue weighted by atomic mass is 10.1. The van der Waals surface area contributed by atoms with Gasteiger partial charge in [0.15, 0.2) is 11.5 Å². The van der Waals surface area contributed by atoms with E-state index in [2.05, 4.69) is 5.32 Å². The van der Waals surface area contributed by atoms with Crippen LogP contribution in [0.3, 0.4) is 0 Å². The van der Waals surface area contributed by atoms with Crippen molar-refractivity contribution in [1.82, 2.24) is 14.5 Å². The van der Waals surface area contributed by atoms with E-state index in [0.29, 0.717) is 11.5 Å². The molecule has 1 aliphatic rings. The number of carbonyl (C=O) groups is 2. The van der Waals surface area contributed by atoms with E-state index < -0.39 is 22.0 Å². The summed E-state index contributed by atoms with van der Waals surface area (Å²) in [4.78, 5) is 27.2. The van der Waals surface area contributed by atoms with Crippen molar-refractivity contribution in [1.29, 1.82) is 0 Å². The first-order valence-electron chi connectivity index (χ1n) is 10.1. The van der Waals surface area contributed by atoms with E-state index in [0.717, 1.165) is 21.7 Å². The summed E-state index contributed by atoms with van der Waals surface area (Å²) < 4.78 is 35.1. The van der Waals surface area contributed by atoms with Gasteiger partial charge in [0.25, 0.3) is 0 Å². The van der Waals surface area contributed by atoms with Crippen LogP contribution in [0.5, 0.6) is 11.5 Å². The summed E-state index contributed by atoms with van der Waals surface area (Å²) in [6, 6.07) is 13.8. The third-order valence-corrected chi connectivity index (χ3v) is 6.45. The van der Waals surface area contributed by atoms with Gasteiger partial charge in [-0.15, -0.1) is 0 Å². The molecule has 0 spiro atoms. The fourth-order valence-electron chi connectivity index (χ4n) is 3.15. The van der Waals surface area contributed by atoms with Crippen LogP contribution in [-0.2, 0) is 32.7 Å². The van der Waals surface area contributed by atoms with Crippen LogP contribution in [0.4, 0.5) is 0 Å². The maximum atomic E-state index is 13.0. The minimum atomic E-state index is -3.54. The Labute approximate surface area is 188 Å². The van der Waals surface area contributed by atoms with Gasteiger partial charge < -0.3 is 19.7 Å². The molecule has 1 aliphatic heterocycles.